The van der Waals surface area contributed by atoms with Gasteiger partial charge in [-0.3, -0.25) is 0 Å². The molecule has 0 amide bonds. The number of nitrogens with zero attached hydrogens (tertiary/aromatic N) is 3. The largest absolute Gasteiger partial charge is 0.398 e. The highest BCUT2D eigenvalue weighted by Gasteiger charge is 2.11. The fraction of sp³-hybridized carbons (Fsp3) is 0. The van der Waals surface area contributed by atoms with Crippen molar-refractivity contribution in [1.82, 2.24) is 20.6 Å². The van der Waals surface area contributed by atoms with Crippen LogP contribution in [0.3, 0.4) is 0 Å². The summed E-state index contributed by atoms with van der Waals surface area (Å²) in [5.41, 5.74) is 5.95. The van der Waals surface area contributed by atoms with Crippen LogP contribution in [0.15, 0.2) is 12.1 Å². The van der Waals surface area contributed by atoms with E-state index in [1.807, 2.05) is 0 Å². The summed E-state index contributed by atoms with van der Waals surface area (Å²) >= 11 is 5.62. The second-order valence-electron chi connectivity index (χ2n) is 2.59. The van der Waals surface area contributed by atoms with Crippen molar-refractivity contribution in [3.8, 4) is 11.4 Å². The Balaban J connectivity index is 2.60. The number of rotatable bonds is 1. The first kappa shape index (κ1) is 8.89. The lowest BCUT2D eigenvalue weighted by Gasteiger charge is -2.01. The molecule has 0 aliphatic carbocycles. The van der Waals surface area contributed by atoms with Crippen molar-refractivity contribution < 1.29 is 4.39 Å². The SMILES string of the molecule is Nc1cc(-c2nn[nH]n2)c(F)cc1Cl. The van der Waals surface area contributed by atoms with Crippen molar-refractivity contribution in [2.75, 3.05) is 5.73 Å². The first-order valence-electron chi connectivity index (χ1n) is 3.67. The number of aromatic nitrogens is 4. The summed E-state index contributed by atoms with van der Waals surface area (Å²) in [6.45, 7) is 0. The molecule has 3 N–H and O–H groups in total. The van der Waals surface area contributed by atoms with Crippen LogP contribution in [0.4, 0.5) is 10.1 Å². The van der Waals surface area contributed by atoms with Gasteiger partial charge in [0.2, 0.25) is 5.82 Å². The molecule has 14 heavy (non-hydrogen) atoms. The third-order valence-corrected chi connectivity index (χ3v) is 2.00. The maximum Gasteiger partial charge on any atom is 0.207 e. The number of hydrogen-bond acceptors (Lipinski definition) is 4. The molecule has 72 valence electrons. The van der Waals surface area contributed by atoms with Gasteiger partial charge in [-0.25, -0.2) is 4.39 Å². The Bertz CT molecular complexity index is 455. The van der Waals surface area contributed by atoms with E-state index in [-0.39, 0.29) is 22.1 Å². The van der Waals surface area contributed by atoms with Crippen LogP contribution in [0, 0.1) is 5.82 Å². The molecule has 0 atom stereocenters. The van der Waals surface area contributed by atoms with Gasteiger partial charge in [0.05, 0.1) is 16.3 Å². The number of H-pyrrole nitrogens is 1. The second kappa shape index (κ2) is 3.22. The van der Waals surface area contributed by atoms with Crippen LogP contribution in [0.25, 0.3) is 11.4 Å². The summed E-state index contributed by atoms with van der Waals surface area (Å²) in [7, 11) is 0. The predicted molar refractivity (Wildman–Crippen MR) is 49.0 cm³/mol. The summed E-state index contributed by atoms with van der Waals surface area (Å²) in [4.78, 5) is 0. The number of aromatic amines is 1. The monoisotopic (exact) mass is 213 g/mol. The zero-order valence-electron chi connectivity index (χ0n) is 6.83. The second-order valence-corrected chi connectivity index (χ2v) is 3.00. The molecule has 1 aromatic carbocycles. The lowest BCUT2D eigenvalue weighted by atomic mass is 10.2. The van der Waals surface area contributed by atoms with Gasteiger partial charge in [0.15, 0.2) is 0 Å². The minimum Gasteiger partial charge on any atom is -0.398 e. The van der Waals surface area contributed by atoms with Crippen LogP contribution in [-0.2, 0) is 0 Å². The van der Waals surface area contributed by atoms with Crippen molar-refractivity contribution in [3.63, 3.8) is 0 Å². The van der Waals surface area contributed by atoms with Crippen LogP contribution in [-0.4, -0.2) is 20.6 Å². The Morgan fingerprint density at radius 3 is 2.86 bits per heavy atom. The molecular formula is C7H5ClFN5. The standard InChI is InChI=1S/C7H5ClFN5/c8-4-2-5(9)3(1-6(4)10)7-11-13-14-12-7/h1-2H,10H2,(H,11,12,13,14). The third-order valence-electron chi connectivity index (χ3n) is 1.67. The maximum atomic E-state index is 13.3. The van der Waals surface area contributed by atoms with E-state index in [0.717, 1.165) is 6.07 Å². The normalized spacial score (nSPS) is 10.4. The average molecular weight is 214 g/mol. The first-order chi connectivity index (χ1) is 6.68. The van der Waals surface area contributed by atoms with Gasteiger partial charge in [-0.1, -0.05) is 11.6 Å². The molecule has 0 radical (unpaired) electrons. The fourth-order valence-corrected chi connectivity index (χ4v) is 1.16. The van der Waals surface area contributed by atoms with Crippen molar-refractivity contribution in [3.05, 3.63) is 23.0 Å². The highest BCUT2D eigenvalue weighted by atomic mass is 35.5. The third kappa shape index (κ3) is 1.39. The number of hydrogen-bond donors (Lipinski definition) is 2. The van der Waals surface area contributed by atoms with Crippen LogP contribution >= 0.6 is 11.6 Å². The van der Waals surface area contributed by atoms with Crippen LogP contribution < -0.4 is 5.73 Å². The van der Waals surface area contributed by atoms with Gasteiger partial charge in [-0.05, 0) is 17.3 Å². The summed E-state index contributed by atoms with van der Waals surface area (Å²) < 4.78 is 13.3. The van der Waals surface area contributed by atoms with Crippen LogP contribution in [0.1, 0.15) is 0 Å². The van der Waals surface area contributed by atoms with Gasteiger partial charge in [-0.2, -0.15) is 5.21 Å². The smallest absolute Gasteiger partial charge is 0.207 e. The van der Waals surface area contributed by atoms with E-state index in [4.69, 9.17) is 17.3 Å². The molecule has 2 rings (SSSR count). The molecule has 0 bridgehead atoms. The zero-order chi connectivity index (χ0) is 10.1. The van der Waals surface area contributed by atoms with Crippen molar-refractivity contribution >= 4 is 17.3 Å². The zero-order valence-corrected chi connectivity index (χ0v) is 7.59. The number of benzene rings is 1. The van der Waals surface area contributed by atoms with Gasteiger partial charge >= 0.3 is 0 Å². The maximum absolute atomic E-state index is 13.3. The number of nitrogens with two attached hydrogens (primary N) is 1. The van der Waals surface area contributed by atoms with Crippen molar-refractivity contribution in [2.24, 2.45) is 0 Å². The molecule has 0 spiro atoms. The molecule has 0 saturated heterocycles. The summed E-state index contributed by atoms with van der Waals surface area (Å²) in [5, 5.41) is 13.0. The molecule has 0 aliphatic rings. The van der Waals surface area contributed by atoms with Crippen LogP contribution in [0.5, 0.6) is 0 Å². The molecule has 0 saturated carbocycles. The molecule has 0 fully saturated rings. The van der Waals surface area contributed by atoms with Crippen LogP contribution in [0.2, 0.25) is 5.02 Å². The van der Waals surface area contributed by atoms with Gasteiger partial charge < -0.3 is 5.73 Å². The van der Waals surface area contributed by atoms with E-state index >= 15 is 0 Å². The number of halogens is 2. The Hall–Kier alpha value is -1.69. The molecular weight excluding hydrogens is 209 g/mol. The highest BCUT2D eigenvalue weighted by molar-refractivity contribution is 6.33. The number of nitrogen functional groups attached to an aromatic ring is 1. The van der Waals surface area contributed by atoms with Crippen molar-refractivity contribution in [1.29, 1.82) is 0 Å². The van der Waals surface area contributed by atoms with Gasteiger partial charge in [0.25, 0.3) is 0 Å². The van der Waals surface area contributed by atoms with E-state index in [0.29, 0.717) is 0 Å². The Labute approximate surface area is 83.1 Å². The average Bonchev–Trinajstić information content (AvgIpc) is 2.64. The van der Waals surface area contributed by atoms with E-state index in [9.17, 15) is 4.39 Å². The molecule has 1 aromatic heterocycles. The van der Waals surface area contributed by atoms with Gasteiger partial charge in [-0.15, -0.1) is 10.2 Å². The molecule has 0 unspecified atom stereocenters. The Kier molecular flexibility index (Phi) is 2.05. The minimum absolute atomic E-state index is 0.144. The summed E-state index contributed by atoms with van der Waals surface area (Å²) in [6, 6.07) is 2.48. The topological polar surface area (TPSA) is 80.5 Å². The lowest BCUT2D eigenvalue weighted by Crippen LogP contribution is -1.92. The molecule has 5 nitrogen and oxygen atoms in total. The molecule has 2 aromatic rings. The van der Waals surface area contributed by atoms with E-state index in [2.05, 4.69) is 20.6 Å². The van der Waals surface area contributed by atoms with Gasteiger partial charge in [0, 0.05) is 0 Å². The Morgan fingerprint density at radius 2 is 2.21 bits per heavy atom. The molecule has 1 heterocycles. The van der Waals surface area contributed by atoms with Crippen molar-refractivity contribution in [2.45, 2.75) is 0 Å². The fourth-order valence-electron chi connectivity index (χ4n) is 1.01. The first-order valence-corrected chi connectivity index (χ1v) is 4.04. The lowest BCUT2D eigenvalue weighted by molar-refractivity contribution is 0.630. The summed E-state index contributed by atoms with van der Waals surface area (Å²) in [6.07, 6.45) is 0. The quantitative estimate of drug-likeness (QED) is 0.699. The van der Waals surface area contributed by atoms with E-state index in [1.54, 1.807) is 0 Å². The molecule has 0 aliphatic heterocycles. The number of nitrogens with one attached hydrogen (secondary N) is 1. The number of anilines is 1. The predicted octanol–water partition coefficient (Wildman–Crippen LogP) is 1.24. The summed E-state index contributed by atoms with van der Waals surface area (Å²) in [5.74, 6) is -0.392. The number of tetrazole rings is 1. The molecule has 7 heteroatoms. The van der Waals surface area contributed by atoms with Gasteiger partial charge in [0.1, 0.15) is 5.82 Å². The van der Waals surface area contributed by atoms with E-state index < -0.39 is 5.82 Å². The Morgan fingerprint density at radius 1 is 1.43 bits per heavy atom. The minimum atomic E-state index is -0.536. The van der Waals surface area contributed by atoms with E-state index in [1.165, 1.54) is 6.07 Å². The highest BCUT2D eigenvalue weighted by Crippen LogP contribution is 2.27.